The van der Waals surface area contributed by atoms with Gasteiger partial charge in [-0.15, -0.1) is 0 Å². The van der Waals surface area contributed by atoms with Crippen molar-refractivity contribution >= 4 is 11.6 Å². The van der Waals surface area contributed by atoms with Gasteiger partial charge in [-0.05, 0) is 56.0 Å². The van der Waals surface area contributed by atoms with Crippen molar-refractivity contribution in [1.82, 2.24) is 10.6 Å². The number of nitrogens with one attached hydrogen (secondary N) is 2. The summed E-state index contributed by atoms with van der Waals surface area (Å²) < 4.78 is 18.9. The van der Waals surface area contributed by atoms with Crippen LogP contribution in [0.1, 0.15) is 51.5 Å². The molecule has 1 aromatic carbocycles. The van der Waals surface area contributed by atoms with Crippen molar-refractivity contribution < 1.29 is 13.9 Å². The molecule has 27 heavy (non-hydrogen) atoms. The maximum absolute atomic E-state index is 13.5. The van der Waals surface area contributed by atoms with Gasteiger partial charge in [0.05, 0.1) is 7.11 Å². The molecule has 4 nitrogen and oxygen atoms in total. The van der Waals surface area contributed by atoms with E-state index in [0.717, 1.165) is 42.4 Å². The van der Waals surface area contributed by atoms with Crippen molar-refractivity contribution in [2.75, 3.05) is 7.11 Å². The Balaban J connectivity index is 2.17. The van der Waals surface area contributed by atoms with Gasteiger partial charge in [0.2, 0.25) is 0 Å². The summed E-state index contributed by atoms with van der Waals surface area (Å²) >= 11 is 0. The Kier molecular flexibility index (Phi) is 7.65. The van der Waals surface area contributed by atoms with E-state index in [0.29, 0.717) is 11.4 Å². The molecule has 0 spiro atoms. The van der Waals surface area contributed by atoms with Gasteiger partial charge in [-0.25, -0.2) is 9.18 Å². The van der Waals surface area contributed by atoms with Crippen LogP contribution in [0, 0.1) is 5.82 Å². The summed E-state index contributed by atoms with van der Waals surface area (Å²) in [5.41, 5.74) is 2.99. The molecular formula is C22H29FN2O2. The molecule has 0 heterocycles. The smallest absolute Gasteiger partial charge is 0.319 e. The first kappa shape index (κ1) is 20.7. The predicted octanol–water partition coefficient (Wildman–Crippen LogP) is 5.33. The molecule has 2 amide bonds. The van der Waals surface area contributed by atoms with Gasteiger partial charge in [0.1, 0.15) is 11.6 Å². The second kappa shape index (κ2) is 9.95. The molecule has 1 aromatic rings. The molecule has 0 atom stereocenters. The largest absolute Gasteiger partial charge is 0.496 e. The number of benzene rings is 1. The fraction of sp³-hybridized carbons (Fsp3) is 0.409. The topological polar surface area (TPSA) is 50.4 Å². The number of carbonyl (C=O) groups is 1. The molecule has 0 saturated heterocycles. The third-order valence-electron chi connectivity index (χ3n) is 4.84. The Bertz CT molecular complexity index is 747. The molecule has 2 N–H and O–H groups in total. The number of hydrogen-bond donors (Lipinski definition) is 2. The molecule has 0 aliphatic heterocycles. The molecule has 2 rings (SSSR count). The van der Waals surface area contributed by atoms with E-state index in [1.165, 1.54) is 25.7 Å². The molecular weight excluding hydrogens is 343 g/mol. The SMILES string of the molecule is C=C(/C=C(\C(C)=C/C)c1ccc(F)cc1OC)NC(=O)NC1CCCCC1. The molecule has 1 saturated carbocycles. The molecule has 5 heteroatoms. The number of halogens is 1. The molecule has 0 bridgehead atoms. The molecule has 0 unspecified atom stereocenters. The lowest BCUT2D eigenvalue weighted by Crippen LogP contribution is -2.42. The third kappa shape index (κ3) is 5.98. The zero-order valence-electron chi connectivity index (χ0n) is 16.4. The van der Waals surface area contributed by atoms with E-state index in [9.17, 15) is 9.18 Å². The average molecular weight is 372 g/mol. The van der Waals surface area contributed by atoms with Crippen LogP contribution >= 0.6 is 0 Å². The van der Waals surface area contributed by atoms with E-state index in [-0.39, 0.29) is 17.9 Å². The molecule has 0 radical (unpaired) electrons. The van der Waals surface area contributed by atoms with Crippen LogP contribution in [0.4, 0.5) is 9.18 Å². The van der Waals surface area contributed by atoms with E-state index in [4.69, 9.17) is 4.74 Å². The predicted molar refractivity (Wildman–Crippen MR) is 108 cm³/mol. The number of hydrogen-bond acceptors (Lipinski definition) is 2. The highest BCUT2D eigenvalue weighted by Crippen LogP contribution is 2.32. The summed E-state index contributed by atoms with van der Waals surface area (Å²) in [5.74, 6) is 0.0683. The van der Waals surface area contributed by atoms with Gasteiger partial charge in [-0.3, -0.25) is 0 Å². The monoisotopic (exact) mass is 372 g/mol. The van der Waals surface area contributed by atoms with Crippen LogP contribution in [0.15, 0.2) is 48.2 Å². The molecule has 146 valence electrons. The van der Waals surface area contributed by atoms with Crippen LogP contribution in [-0.2, 0) is 0 Å². The zero-order valence-corrected chi connectivity index (χ0v) is 16.4. The Morgan fingerprint density at radius 2 is 2.00 bits per heavy atom. The highest BCUT2D eigenvalue weighted by Gasteiger charge is 2.16. The molecule has 0 aromatic heterocycles. The van der Waals surface area contributed by atoms with Crippen LogP contribution in [0.2, 0.25) is 0 Å². The number of methoxy groups -OCH3 is 1. The van der Waals surface area contributed by atoms with Crippen molar-refractivity contribution in [1.29, 1.82) is 0 Å². The van der Waals surface area contributed by atoms with Crippen LogP contribution < -0.4 is 15.4 Å². The number of urea groups is 1. The van der Waals surface area contributed by atoms with Crippen molar-refractivity contribution in [3.8, 4) is 5.75 Å². The fourth-order valence-electron chi connectivity index (χ4n) is 3.27. The van der Waals surface area contributed by atoms with Crippen molar-refractivity contribution in [3.63, 3.8) is 0 Å². The summed E-state index contributed by atoms with van der Waals surface area (Å²) in [4.78, 5) is 12.2. The first-order valence-corrected chi connectivity index (χ1v) is 9.40. The Hall–Kier alpha value is -2.56. The van der Waals surface area contributed by atoms with Gasteiger partial charge in [0.25, 0.3) is 0 Å². The van der Waals surface area contributed by atoms with Crippen molar-refractivity contribution in [2.24, 2.45) is 0 Å². The number of amides is 2. The second-order valence-electron chi connectivity index (χ2n) is 6.83. The van der Waals surface area contributed by atoms with E-state index in [1.807, 2.05) is 19.9 Å². The minimum absolute atomic E-state index is 0.226. The second-order valence-corrected chi connectivity index (χ2v) is 6.83. The normalized spacial score (nSPS) is 16.0. The maximum atomic E-state index is 13.5. The highest BCUT2D eigenvalue weighted by atomic mass is 19.1. The van der Waals surface area contributed by atoms with Gasteiger partial charge < -0.3 is 15.4 Å². The van der Waals surface area contributed by atoms with Gasteiger partial charge >= 0.3 is 6.03 Å². The van der Waals surface area contributed by atoms with Crippen molar-refractivity contribution in [3.05, 3.63) is 59.6 Å². The van der Waals surface area contributed by atoms with Crippen LogP contribution in [0.5, 0.6) is 5.75 Å². The summed E-state index contributed by atoms with van der Waals surface area (Å²) in [6, 6.07) is 4.39. The van der Waals surface area contributed by atoms with Crippen LogP contribution in [0.25, 0.3) is 5.57 Å². The first-order valence-electron chi connectivity index (χ1n) is 9.40. The number of carbonyl (C=O) groups excluding carboxylic acids is 1. The minimum atomic E-state index is -0.364. The first-order chi connectivity index (χ1) is 12.9. The van der Waals surface area contributed by atoms with E-state index in [1.54, 1.807) is 12.1 Å². The van der Waals surface area contributed by atoms with E-state index in [2.05, 4.69) is 17.2 Å². The van der Waals surface area contributed by atoms with E-state index < -0.39 is 0 Å². The zero-order chi connectivity index (χ0) is 19.8. The van der Waals surface area contributed by atoms with Crippen LogP contribution in [-0.4, -0.2) is 19.2 Å². The lowest BCUT2D eigenvalue weighted by atomic mass is 9.96. The minimum Gasteiger partial charge on any atom is -0.496 e. The Morgan fingerprint density at radius 1 is 1.30 bits per heavy atom. The third-order valence-corrected chi connectivity index (χ3v) is 4.84. The van der Waals surface area contributed by atoms with Crippen molar-refractivity contribution in [2.45, 2.75) is 52.0 Å². The summed E-state index contributed by atoms with van der Waals surface area (Å²) in [7, 11) is 1.51. The standard InChI is InChI=1S/C22H29FN2O2/c1-5-15(2)20(19-12-11-17(23)14-21(19)27-4)13-16(3)24-22(26)25-18-9-7-6-8-10-18/h5,11-14,18H,3,6-10H2,1-2,4H3,(H2,24,25,26)/b15-5-,20-13+. The lowest BCUT2D eigenvalue weighted by Gasteiger charge is -2.23. The summed E-state index contributed by atoms with van der Waals surface area (Å²) in [6.45, 7) is 7.82. The Labute approximate surface area is 161 Å². The van der Waals surface area contributed by atoms with Crippen LogP contribution in [0.3, 0.4) is 0 Å². The number of ether oxygens (including phenoxy) is 1. The van der Waals surface area contributed by atoms with Gasteiger partial charge in [0.15, 0.2) is 0 Å². The molecule has 1 aliphatic rings. The lowest BCUT2D eigenvalue weighted by molar-refractivity contribution is 0.235. The summed E-state index contributed by atoms with van der Waals surface area (Å²) in [6.07, 6.45) is 9.31. The Morgan fingerprint density at radius 3 is 2.63 bits per heavy atom. The molecule has 1 aliphatic carbocycles. The fourth-order valence-corrected chi connectivity index (χ4v) is 3.27. The van der Waals surface area contributed by atoms with Gasteiger partial charge in [-0.1, -0.05) is 31.9 Å². The maximum Gasteiger partial charge on any atom is 0.319 e. The van der Waals surface area contributed by atoms with Gasteiger partial charge in [0, 0.05) is 23.4 Å². The quantitative estimate of drug-likeness (QED) is 0.663. The van der Waals surface area contributed by atoms with E-state index >= 15 is 0 Å². The number of rotatable bonds is 6. The summed E-state index contributed by atoms with van der Waals surface area (Å²) in [5, 5.41) is 5.80. The average Bonchev–Trinajstić information content (AvgIpc) is 2.66. The molecule has 1 fully saturated rings. The van der Waals surface area contributed by atoms with Gasteiger partial charge in [-0.2, -0.15) is 0 Å². The highest BCUT2D eigenvalue weighted by molar-refractivity contribution is 5.84. The number of allylic oxidation sites excluding steroid dienone is 4.